The zero-order valence-electron chi connectivity index (χ0n) is 15.9. The number of ether oxygens (including phenoxy) is 2. The van der Waals surface area contributed by atoms with Gasteiger partial charge in [-0.3, -0.25) is 14.3 Å². The van der Waals surface area contributed by atoms with Crippen LogP contribution in [0.4, 0.5) is 4.39 Å². The summed E-state index contributed by atoms with van der Waals surface area (Å²) in [5, 5.41) is 0.514. The van der Waals surface area contributed by atoms with Crippen molar-refractivity contribution in [2.24, 2.45) is 0 Å². The first-order valence-electron chi connectivity index (χ1n) is 9.21. The van der Waals surface area contributed by atoms with Gasteiger partial charge in [-0.25, -0.2) is 9.37 Å². The van der Waals surface area contributed by atoms with E-state index in [1.165, 1.54) is 6.07 Å². The van der Waals surface area contributed by atoms with E-state index in [-0.39, 0.29) is 11.4 Å². The summed E-state index contributed by atoms with van der Waals surface area (Å²) in [4.78, 5) is 20.0. The molecule has 7 heteroatoms. The van der Waals surface area contributed by atoms with Gasteiger partial charge in [0.2, 0.25) is 0 Å². The van der Waals surface area contributed by atoms with Crippen LogP contribution < -0.4 is 15.0 Å². The Balaban J connectivity index is 1.65. The maximum atomic E-state index is 13.5. The van der Waals surface area contributed by atoms with Gasteiger partial charge >= 0.3 is 0 Å². The Kier molecular flexibility index (Phi) is 5.00. The molecule has 0 fully saturated rings. The quantitative estimate of drug-likeness (QED) is 0.693. The molecule has 3 aromatic rings. The zero-order valence-corrected chi connectivity index (χ0v) is 15.9. The Bertz CT molecular complexity index is 1080. The van der Waals surface area contributed by atoms with E-state index in [1.54, 1.807) is 43.1 Å². The maximum Gasteiger partial charge on any atom is 0.261 e. The molecule has 0 radical (unpaired) electrons. The first-order chi connectivity index (χ1) is 13.6. The fourth-order valence-electron chi connectivity index (χ4n) is 3.68. The van der Waals surface area contributed by atoms with E-state index in [1.807, 2.05) is 6.07 Å². The van der Waals surface area contributed by atoms with Gasteiger partial charge < -0.3 is 9.47 Å². The second kappa shape index (κ2) is 7.59. The summed E-state index contributed by atoms with van der Waals surface area (Å²) in [7, 11) is 3.10. The molecule has 0 amide bonds. The molecule has 0 bridgehead atoms. The Hall–Kier alpha value is -2.93. The summed E-state index contributed by atoms with van der Waals surface area (Å²) in [5.41, 5.74) is 1.45. The van der Waals surface area contributed by atoms with E-state index in [0.717, 1.165) is 17.9 Å². The van der Waals surface area contributed by atoms with Gasteiger partial charge in [0.1, 0.15) is 11.6 Å². The van der Waals surface area contributed by atoms with Crippen LogP contribution in [-0.2, 0) is 19.5 Å². The van der Waals surface area contributed by atoms with Gasteiger partial charge in [-0.2, -0.15) is 0 Å². The minimum atomic E-state index is -0.234. The van der Waals surface area contributed by atoms with Crippen LogP contribution in [0, 0.1) is 5.82 Å². The Morgan fingerprint density at radius 3 is 2.61 bits per heavy atom. The van der Waals surface area contributed by atoms with E-state index < -0.39 is 0 Å². The summed E-state index contributed by atoms with van der Waals surface area (Å²) in [6.45, 7) is 2.63. The fraction of sp³-hybridized carbons (Fsp3) is 0.333. The van der Waals surface area contributed by atoms with Crippen LogP contribution in [0.25, 0.3) is 10.9 Å². The first-order valence-corrected chi connectivity index (χ1v) is 9.21. The molecule has 4 rings (SSSR count). The van der Waals surface area contributed by atoms with E-state index in [9.17, 15) is 9.18 Å². The lowest BCUT2D eigenvalue weighted by atomic mass is 10.2. The predicted octanol–water partition coefficient (Wildman–Crippen LogP) is 2.61. The molecule has 0 N–H and O–H groups in total. The van der Waals surface area contributed by atoms with Gasteiger partial charge in [0, 0.05) is 38.7 Å². The van der Waals surface area contributed by atoms with E-state index >= 15 is 0 Å². The minimum Gasteiger partial charge on any atom is -0.493 e. The second-order valence-electron chi connectivity index (χ2n) is 6.87. The van der Waals surface area contributed by atoms with Crippen LogP contribution in [0.2, 0.25) is 0 Å². The van der Waals surface area contributed by atoms with Crippen molar-refractivity contribution in [3.8, 4) is 11.5 Å². The number of rotatable bonds is 4. The molecule has 6 nitrogen and oxygen atoms in total. The van der Waals surface area contributed by atoms with E-state index in [4.69, 9.17) is 14.5 Å². The smallest absolute Gasteiger partial charge is 0.261 e. The summed E-state index contributed by atoms with van der Waals surface area (Å²) in [6.07, 6.45) is 0.648. The predicted molar refractivity (Wildman–Crippen MR) is 104 cm³/mol. The third kappa shape index (κ3) is 3.45. The van der Waals surface area contributed by atoms with Crippen molar-refractivity contribution in [3.63, 3.8) is 0 Å². The molecule has 0 spiro atoms. The highest BCUT2D eigenvalue weighted by Crippen LogP contribution is 2.30. The molecule has 0 unspecified atom stereocenters. The first kappa shape index (κ1) is 18.4. The van der Waals surface area contributed by atoms with Crippen molar-refractivity contribution in [3.05, 3.63) is 64.0 Å². The van der Waals surface area contributed by atoms with Crippen LogP contribution in [0.5, 0.6) is 11.5 Å². The maximum absolute atomic E-state index is 13.5. The lowest BCUT2D eigenvalue weighted by Crippen LogP contribution is -2.28. The Morgan fingerprint density at radius 2 is 1.86 bits per heavy atom. The number of nitrogens with zero attached hydrogens (tertiary/aromatic N) is 3. The van der Waals surface area contributed by atoms with Crippen molar-refractivity contribution in [2.75, 3.05) is 27.3 Å². The monoisotopic (exact) mass is 383 g/mol. The SMILES string of the molecule is COc1cc2nc3n(c(=O)c2cc1OC)CCN(Cc1cccc(F)c1)CC3. The molecule has 2 heterocycles. The average Bonchev–Trinajstić information content (AvgIpc) is 2.90. The number of methoxy groups -OCH3 is 2. The van der Waals surface area contributed by atoms with Crippen molar-refractivity contribution >= 4 is 10.9 Å². The van der Waals surface area contributed by atoms with Crippen molar-refractivity contribution < 1.29 is 13.9 Å². The molecular weight excluding hydrogens is 361 g/mol. The number of hydrogen-bond donors (Lipinski definition) is 0. The van der Waals surface area contributed by atoms with Gasteiger partial charge in [-0.15, -0.1) is 0 Å². The number of fused-ring (bicyclic) bond motifs is 2. The standard InChI is InChI=1S/C21H22FN3O3/c1-27-18-11-16-17(12-19(18)28-2)23-20-6-7-24(8-9-25(20)21(16)26)13-14-4-3-5-15(22)10-14/h3-5,10-12H,6-9,13H2,1-2H3. The van der Waals surface area contributed by atoms with Gasteiger partial charge in [-0.1, -0.05) is 12.1 Å². The molecule has 0 aliphatic carbocycles. The normalized spacial score (nSPS) is 14.5. The topological polar surface area (TPSA) is 56.6 Å². The van der Waals surface area contributed by atoms with Crippen LogP contribution in [0.1, 0.15) is 11.4 Å². The second-order valence-corrected chi connectivity index (χ2v) is 6.87. The van der Waals surface area contributed by atoms with Crippen molar-refractivity contribution in [1.29, 1.82) is 0 Å². The fourth-order valence-corrected chi connectivity index (χ4v) is 3.68. The van der Waals surface area contributed by atoms with Gasteiger partial charge in [0.05, 0.1) is 25.1 Å². The van der Waals surface area contributed by atoms with Crippen LogP contribution in [-0.4, -0.2) is 41.8 Å². The lowest BCUT2D eigenvalue weighted by molar-refractivity contribution is 0.271. The average molecular weight is 383 g/mol. The molecule has 1 aliphatic rings. The summed E-state index contributed by atoms with van der Waals surface area (Å²) in [5.74, 6) is 1.58. The molecule has 0 saturated heterocycles. The van der Waals surface area contributed by atoms with Crippen molar-refractivity contribution in [2.45, 2.75) is 19.5 Å². The van der Waals surface area contributed by atoms with E-state index in [2.05, 4.69) is 4.90 Å². The molecule has 1 aromatic heterocycles. The summed E-state index contributed by atoms with van der Waals surface area (Å²) < 4.78 is 25.8. The third-order valence-corrected chi connectivity index (χ3v) is 5.13. The number of aromatic nitrogens is 2. The summed E-state index contributed by atoms with van der Waals surface area (Å²) in [6, 6.07) is 10.1. The molecule has 0 atom stereocenters. The number of benzene rings is 2. The molecule has 146 valence electrons. The molecule has 2 aromatic carbocycles. The minimum absolute atomic E-state index is 0.0754. The van der Waals surface area contributed by atoms with Gasteiger partial charge in [-0.05, 0) is 23.8 Å². The molecular formula is C21H22FN3O3. The Labute approximate surface area is 162 Å². The third-order valence-electron chi connectivity index (χ3n) is 5.13. The molecule has 0 saturated carbocycles. The molecule has 1 aliphatic heterocycles. The van der Waals surface area contributed by atoms with Crippen molar-refractivity contribution in [1.82, 2.24) is 14.5 Å². The highest BCUT2D eigenvalue weighted by Gasteiger charge is 2.19. The van der Waals surface area contributed by atoms with Crippen LogP contribution in [0.15, 0.2) is 41.2 Å². The number of hydrogen-bond acceptors (Lipinski definition) is 5. The van der Waals surface area contributed by atoms with E-state index in [0.29, 0.717) is 48.5 Å². The van der Waals surface area contributed by atoms with Crippen LogP contribution >= 0.6 is 0 Å². The van der Waals surface area contributed by atoms with Crippen LogP contribution in [0.3, 0.4) is 0 Å². The molecule has 28 heavy (non-hydrogen) atoms. The highest BCUT2D eigenvalue weighted by molar-refractivity contribution is 5.82. The lowest BCUT2D eigenvalue weighted by Gasteiger charge is -2.19. The summed E-state index contributed by atoms with van der Waals surface area (Å²) >= 11 is 0. The number of halogens is 1. The van der Waals surface area contributed by atoms with Gasteiger partial charge in [0.15, 0.2) is 11.5 Å². The Morgan fingerprint density at radius 1 is 1.07 bits per heavy atom. The van der Waals surface area contributed by atoms with Gasteiger partial charge in [0.25, 0.3) is 5.56 Å². The largest absolute Gasteiger partial charge is 0.493 e. The highest BCUT2D eigenvalue weighted by atomic mass is 19.1. The zero-order chi connectivity index (χ0) is 19.7.